The first-order valence-corrected chi connectivity index (χ1v) is 8.65. The Morgan fingerprint density at radius 2 is 2.12 bits per heavy atom. The van der Waals surface area contributed by atoms with Gasteiger partial charge in [-0.1, -0.05) is 5.16 Å². The van der Waals surface area contributed by atoms with Crippen LogP contribution >= 0.6 is 0 Å². The fraction of sp³-hybridized carbons (Fsp3) is 0.556. The number of aromatic nitrogens is 1. The fourth-order valence-corrected chi connectivity index (χ4v) is 3.83. The highest BCUT2D eigenvalue weighted by Gasteiger charge is 2.42. The van der Waals surface area contributed by atoms with Gasteiger partial charge >= 0.3 is 0 Å². The van der Waals surface area contributed by atoms with Gasteiger partial charge in [-0.2, -0.15) is 0 Å². The Labute approximate surface area is 146 Å². The standard InChI is InChI=1S/C18H23N3O4/c1-11-15(13(3)25-19-11)8-20-5-7-24-17-10-21(9-16(17)20)18(22)14-4-6-23-12(14)2/h4,6,16-17H,5,7-10H2,1-3H3/t16-,17+/m1/s1. The second-order valence-electron chi connectivity index (χ2n) is 6.85. The third kappa shape index (κ3) is 2.87. The van der Waals surface area contributed by atoms with Gasteiger partial charge in [0.05, 0.1) is 36.3 Å². The van der Waals surface area contributed by atoms with E-state index in [-0.39, 0.29) is 18.1 Å². The first-order chi connectivity index (χ1) is 12.0. The number of carbonyl (C=O) groups is 1. The van der Waals surface area contributed by atoms with Crippen LogP contribution in [-0.2, 0) is 11.3 Å². The van der Waals surface area contributed by atoms with Crippen molar-refractivity contribution in [1.82, 2.24) is 15.0 Å². The highest BCUT2D eigenvalue weighted by atomic mass is 16.5. The zero-order valence-electron chi connectivity index (χ0n) is 14.8. The van der Waals surface area contributed by atoms with Gasteiger partial charge in [0.1, 0.15) is 11.5 Å². The molecule has 0 aromatic carbocycles. The number of carbonyl (C=O) groups excluding carboxylic acids is 1. The number of furan rings is 1. The zero-order chi connectivity index (χ0) is 17.6. The monoisotopic (exact) mass is 345 g/mol. The SMILES string of the molecule is Cc1noc(C)c1CN1CCO[C@H]2CN(C(=O)c3ccoc3C)C[C@H]21. The molecule has 4 rings (SSSR count). The molecule has 2 fully saturated rings. The van der Waals surface area contributed by atoms with E-state index in [0.717, 1.165) is 30.1 Å². The van der Waals surface area contributed by atoms with Crippen LogP contribution in [0, 0.1) is 20.8 Å². The second-order valence-corrected chi connectivity index (χ2v) is 6.85. The molecule has 1 amide bonds. The predicted molar refractivity (Wildman–Crippen MR) is 89.3 cm³/mol. The highest BCUT2D eigenvalue weighted by molar-refractivity contribution is 5.95. The van der Waals surface area contributed by atoms with Crippen molar-refractivity contribution in [2.45, 2.75) is 39.5 Å². The maximum Gasteiger partial charge on any atom is 0.257 e. The average Bonchev–Trinajstić information content (AvgIpc) is 3.29. The van der Waals surface area contributed by atoms with Crippen LogP contribution in [0.2, 0.25) is 0 Å². The molecular weight excluding hydrogens is 322 g/mol. The topological polar surface area (TPSA) is 72.0 Å². The molecule has 2 atom stereocenters. The summed E-state index contributed by atoms with van der Waals surface area (Å²) in [6.07, 6.45) is 1.61. The van der Waals surface area contributed by atoms with Gasteiger partial charge in [0, 0.05) is 31.7 Å². The minimum absolute atomic E-state index is 0.0153. The number of aryl methyl sites for hydroxylation is 3. The van der Waals surface area contributed by atoms with Gasteiger partial charge in [-0.05, 0) is 26.8 Å². The molecule has 0 radical (unpaired) electrons. The third-order valence-corrected chi connectivity index (χ3v) is 5.34. The molecule has 7 heteroatoms. The van der Waals surface area contributed by atoms with Gasteiger partial charge < -0.3 is 18.6 Å². The number of hydrogen-bond donors (Lipinski definition) is 0. The van der Waals surface area contributed by atoms with E-state index in [4.69, 9.17) is 13.7 Å². The number of hydrogen-bond acceptors (Lipinski definition) is 6. The first kappa shape index (κ1) is 16.4. The fourth-order valence-electron chi connectivity index (χ4n) is 3.83. The number of morpholine rings is 1. The van der Waals surface area contributed by atoms with E-state index in [0.29, 0.717) is 31.0 Å². The van der Waals surface area contributed by atoms with Gasteiger partial charge in [0.15, 0.2) is 0 Å². The molecule has 0 aliphatic carbocycles. The van der Waals surface area contributed by atoms with Crippen molar-refractivity contribution in [3.8, 4) is 0 Å². The molecule has 2 aromatic rings. The summed E-state index contributed by atoms with van der Waals surface area (Å²) in [7, 11) is 0. The van der Waals surface area contributed by atoms with Crippen molar-refractivity contribution in [2.24, 2.45) is 0 Å². The van der Waals surface area contributed by atoms with Crippen LogP contribution < -0.4 is 0 Å². The Bertz CT molecular complexity index is 762. The molecule has 2 aliphatic heterocycles. The van der Waals surface area contributed by atoms with E-state index in [1.807, 2.05) is 25.7 Å². The summed E-state index contributed by atoms with van der Waals surface area (Å²) in [5.74, 6) is 1.54. The molecule has 0 spiro atoms. The van der Waals surface area contributed by atoms with Crippen LogP contribution in [0.25, 0.3) is 0 Å². The summed E-state index contributed by atoms with van der Waals surface area (Å²) in [5.41, 5.74) is 2.70. The summed E-state index contributed by atoms with van der Waals surface area (Å²) in [4.78, 5) is 17.0. The maximum atomic E-state index is 12.8. The van der Waals surface area contributed by atoms with Crippen molar-refractivity contribution in [3.63, 3.8) is 0 Å². The van der Waals surface area contributed by atoms with E-state index in [1.165, 1.54) is 0 Å². The zero-order valence-corrected chi connectivity index (χ0v) is 14.8. The molecule has 2 aliphatic rings. The average molecular weight is 345 g/mol. The molecular formula is C18H23N3O4. The van der Waals surface area contributed by atoms with E-state index in [1.54, 1.807) is 12.3 Å². The largest absolute Gasteiger partial charge is 0.469 e. The molecule has 25 heavy (non-hydrogen) atoms. The predicted octanol–water partition coefficient (Wildman–Crippen LogP) is 1.92. The number of rotatable bonds is 3. The molecule has 0 bridgehead atoms. The normalized spacial score (nSPS) is 23.9. The molecule has 2 aromatic heterocycles. The summed E-state index contributed by atoms with van der Waals surface area (Å²) in [5, 5.41) is 4.05. The van der Waals surface area contributed by atoms with Crippen molar-refractivity contribution in [3.05, 3.63) is 40.7 Å². The molecule has 0 N–H and O–H groups in total. The van der Waals surface area contributed by atoms with Crippen molar-refractivity contribution in [1.29, 1.82) is 0 Å². The molecule has 134 valence electrons. The van der Waals surface area contributed by atoms with Gasteiger partial charge in [-0.25, -0.2) is 0 Å². The molecule has 0 saturated carbocycles. The molecule has 4 heterocycles. The number of amides is 1. The molecule has 0 unspecified atom stereocenters. The summed E-state index contributed by atoms with van der Waals surface area (Å²) in [6.45, 7) is 9.31. The van der Waals surface area contributed by atoms with Crippen LogP contribution in [0.15, 0.2) is 21.3 Å². The van der Waals surface area contributed by atoms with E-state index >= 15 is 0 Å². The summed E-state index contributed by atoms with van der Waals surface area (Å²) < 4.78 is 16.5. The van der Waals surface area contributed by atoms with Crippen molar-refractivity contribution in [2.75, 3.05) is 26.2 Å². The van der Waals surface area contributed by atoms with Crippen molar-refractivity contribution >= 4 is 5.91 Å². The van der Waals surface area contributed by atoms with E-state index < -0.39 is 0 Å². The van der Waals surface area contributed by atoms with Gasteiger partial charge in [-0.15, -0.1) is 0 Å². The van der Waals surface area contributed by atoms with Gasteiger partial charge in [0.2, 0.25) is 0 Å². The van der Waals surface area contributed by atoms with Gasteiger partial charge in [0.25, 0.3) is 5.91 Å². The Morgan fingerprint density at radius 1 is 1.28 bits per heavy atom. The first-order valence-electron chi connectivity index (χ1n) is 8.65. The number of nitrogens with zero attached hydrogens (tertiary/aromatic N) is 3. The maximum absolute atomic E-state index is 12.8. The van der Waals surface area contributed by atoms with Crippen LogP contribution in [-0.4, -0.2) is 59.3 Å². The van der Waals surface area contributed by atoms with E-state index in [2.05, 4.69) is 10.1 Å². The summed E-state index contributed by atoms with van der Waals surface area (Å²) in [6, 6.07) is 1.93. The molecule has 2 saturated heterocycles. The lowest BCUT2D eigenvalue weighted by Crippen LogP contribution is -2.50. The lowest BCUT2D eigenvalue weighted by molar-refractivity contribution is -0.0505. The van der Waals surface area contributed by atoms with Gasteiger partial charge in [-0.3, -0.25) is 9.69 Å². The minimum atomic E-state index is 0.0153. The number of ether oxygens (including phenoxy) is 1. The third-order valence-electron chi connectivity index (χ3n) is 5.34. The Hall–Kier alpha value is -2.12. The molecule has 7 nitrogen and oxygen atoms in total. The van der Waals surface area contributed by atoms with Crippen LogP contribution in [0.5, 0.6) is 0 Å². The van der Waals surface area contributed by atoms with Crippen LogP contribution in [0.3, 0.4) is 0 Å². The minimum Gasteiger partial charge on any atom is -0.469 e. The number of likely N-dealkylation sites (tertiary alicyclic amines) is 1. The lowest BCUT2D eigenvalue weighted by Gasteiger charge is -2.36. The second kappa shape index (κ2) is 6.31. The quantitative estimate of drug-likeness (QED) is 0.846. The smallest absolute Gasteiger partial charge is 0.257 e. The van der Waals surface area contributed by atoms with E-state index in [9.17, 15) is 4.79 Å². The highest BCUT2D eigenvalue weighted by Crippen LogP contribution is 2.27. The summed E-state index contributed by atoms with van der Waals surface area (Å²) >= 11 is 0. The van der Waals surface area contributed by atoms with Crippen LogP contribution in [0.4, 0.5) is 0 Å². The number of fused-ring (bicyclic) bond motifs is 1. The lowest BCUT2D eigenvalue weighted by atomic mass is 10.1. The Kier molecular flexibility index (Phi) is 4.13. The Morgan fingerprint density at radius 3 is 2.80 bits per heavy atom. The van der Waals surface area contributed by atoms with Crippen LogP contribution in [0.1, 0.15) is 33.1 Å². The Balaban J connectivity index is 1.50. The van der Waals surface area contributed by atoms with Crippen molar-refractivity contribution < 1.29 is 18.5 Å².